The Morgan fingerprint density at radius 2 is 1.97 bits per heavy atom. The van der Waals surface area contributed by atoms with Crippen molar-refractivity contribution in [3.63, 3.8) is 0 Å². The molecule has 1 aromatic rings. The molecule has 0 radical (unpaired) electrons. The van der Waals surface area contributed by atoms with Crippen molar-refractivity contribution in [1.29, 1.82) is 0 Å². The Morgan fingerprint density at radius 3 is 2.55 bits per heavy atom. The van der Waals surface area contributed by atoms with Crippen LogP contribution in [0.1, 0.15) is 32.1 Å². The summed E-state index contributed by atoms with van der Waals surface area (Å²) >= 11 is 0. The fraction of sp³-hybridized carbons (Fsp3) is 0.600. The number of esters is 1. The van der Waals surface area contributed by atoms with Crippen molar-refractivity contribution in [2.45, 2.75) is 37.0 Å². The molecule has 0 aliphatic heterocycles. The van der Waals surface area contributed by atoms with Gasteiger partial charge in [0.1, 0.15) is 5.75 Å². The van der Waals surface area contributed by atoms with Crippen molar-refractivity contribution >= 4 is 27.6 Å². The van der Waals surface area contributed by atoms with E-state index in [4.69, 9.17) is 9.47 Å². The Hall–Kier alpha value is -2.13. The minimum Gasteiger partial charge on any atom is -0.495 e. The SMILES string of the molecule is COc1ccc(S(=O)(=O)N(C)C)cc1NC(=O)COC(=O)CC1CC2CCC1C2. The highest BCUT2D eigenvalue weighted by atomic mass is 32.2. The van der Waals surface area contributed by atoms with Gasteiger partial charge in [-0.05, 0) is 55.2 Å². The van der Waals surface area contributed by atoms with Gasteiger partial charge in [-0.25, -0.2) is 12.7 Å². The van der Waals surface area contributed by atoms with E-state index in [0.717, 1.165) is 16.6 Å². The Balaban J connectivity index is 1.57. The van der Waals surface area contributed by atoms with Crippen LogP contribution in [-0.2, 0) is 24.3 Å². The first kappa shape index (κ1) is 21.6. The van der Waals surface area contributed by atoms with Crippen LogP contribution in [0.2, 0.25) is 0 Å². The maximum Gasteiger partial charge on any atom is 0.306 e. The minimum absolute atomic E-state index is 0.0203. The summed E-state index contributed by atoms with van der Waals surface area (Å²) in [6, 6.07) is 4.19. The third-order valence-corrected chi connectivity index (χ3v) is 7.71. The minimum atomic E-state index is -3.66. The number of fused-ring (bicyclic) bond motifs is 2. The molecule has 8 nitrogen and oxygen atoms in total. The van der Waals surface area contributed by atoms with Gasteiger partial charge < -0.3 is 14.8 Å². The van der Waals surface area contributed by atoms with Gasteiger partial charge in [0.05, 0.1) is 17.7 Å². The number of carbonyl (C=O) groups is 2. The van der Waals surface area contributed by atoms with E-state index in [1.807, 2.05) is 0 Å². The van der Waals surface area contributed by atoms with E-state index >= 15 is 0 Å². The molecule has 1 N–H and O–H groups in total. The molecule has 2 aliphatic rings. The number of nitrogens with one attached hydrogen (secondary N) is 1. The number of nitrogens with zero attached hydrogens (tertiary/aromatic N) is 1. The highest BCUT2D eigenvalue weighted by molar-refractivity contribution is 7.89. The average Bonchev–Trinajstić information content (AvgIpc) is 3.29. The van der Waals surface area contributed by atoms with Gasteiger partial charge >= 0.3 is 5.97 Å². The highest BCUT2D eigenvalue weighted by Crippen LogP contribution is 2.49. The molecule has 0 heterocycles. The van der Waals surface area contributed by atoms with Crippen molar-refractivity contribution in [3.05, 3.63) is 18.2 Å². The predicted octanol–water partition coefficient (Wildman–Crippen LogP) is 2.25. The maximum absolute atomic E-state index is 12.3. The molecule has 1 amide bonds. The van der Waals surface area contributed by atoms with Gasteiger partial charge in [-0.2, -0.15) is 0 Å². The van der Waals surface area contributed by atoms with Crippen LogP contribution >= 0.6 is 0 Å². The van der Waals surface area contributed by atoms with E-state index in [1.54, 1.807) is 0 Å². The molecular formula is C20H28N2O6S. The number of rotatable bonds is 8. The first-order valence-corrected chi connectivity index (χ1v) is 11.2. The van der Waals surface area contributed by atoms with Crippen LogP contribution in [0.25, 0.3) is 0 Å². The number of anilines is 1. The van der Waals surface area contributed by atoms with Crippen LogP contribution < -0.4 is 10.1 Å². The van der Waals surface area contributed by atoms with Crippen LogP contribution in [0.15, 0.2) is 23.1 Å². The fourth-order valence-corrected chi connectivity index (χ4v) is 5.32. The van der Waals surface area contributed by atoms with E-state index in [0.29, 0.717) is 24.0 Å². The van der Waals surface area contributed by atoms with Gasteiger partial charge in [0.25, 0.3) is 5.91 Å². The third kappa shape index (κ3) is 4.90. The van der Waals surface area contributed by atoms with Gasteiger partial charge in [0.15, 0.2) is 6.61 Å². The van der Waals surface area contributed by atoms with E-state index in [9.17, 15) is 18.0 Å². The third-order valence-electron chi connectivity index (χ3n) is 5.90. The van der Waals surface area contributed by atoms with Gasteiger partial charge in [0.2, 0.25) is 10.0 Å². The number of carbonyl (C=O) groups excluding carboxylic acids is 2. The lowest BCUT2D eigenvalue weighted by atomic mass is 9.86. The Labute approximate surface area is 171 Å². The quantitative estimate of drug-likeness (QED) is 0.642. The standard InChI is InChI=1S/C20H28N2O6S/c1-22(2)29(25,26)16-6-7-18(27-3)17(11-16)21-19(23)12-28-20(24)10-15-9-13-4-5-14(15)8-13/h6-7,11,13-15H,4-5,8-10,12H2,1-3H3,(H,21,23). The van der Waals surface area contributed by atoms with E-state index in [1.165, 1.54) is 58.7 Å². The molecule has 3 rings (SSSR count). The Bertz CT molecular complexity index is 883. The summed E-state index contributed by atoms with van der Waals surface area (Å²) in [5.74, 6) is 1.13. The normalized spacial score (nSPS) is 23.2. The van der Waals surface area contributed by atoms with E-state index in [-0.39, 0.29) is 16.6 Å². The first-order valence-electron chi connectivity index (χ1n) is 9.76. The molecule has 0 spiro atoms. The highest BCUT2D eigenvalue weighted by Gasteiger charge is 2.40. The largest absolute Gasteiger partial charge is 0.495 e. The lowest BCUT2D eigenvalue weighted by Gasteiger charge is -2.20. The smallest absolute Gasteiger partial charge is 0.306 e. The number of benzene rings is 1. The summed E-state index contributed by atoms with van der Waals surface area (Å²) in [5, 5.41) is 2.56. The molecule has 9 heteroatoms. The van der Waals surface area contributed by atoms with Crippen LogP contribution in [0.4, 0.5) is 5.69 Å². The second-order valence-electron chi connectivity index (χ2n) is 8.00. The summed E-state index contributed by atoms with van der Waals surface area (Å²) in [4.78, 5) is 24.4. The van der Waals surface area contributed by atoms with Crippen molar-refractivity contribution in [2.75, 3.05) is 33.1 Å². The van der Waals surface area contributed by atoms with Crippen molar-refractivity contribution in [3.8, 4) is 5.75 Å². The molecule has 2 bridgehead atoms. The Kier molecular flexibility index (Phi) is 6.48. The van der Waals surface area contributed by atoms with Crippen LogP contribution in [0.5, 0.6) is 5.75 Å². The monoisotopic (exact) mass is 424 g/mol. The average molecular weight is 425 g/mol. The molecule has 3 unspecified atom stereocenters. The molecule has 2 saturated carbocycles. The molecule has 160 valence electrons. The second kappa shape index (κ2) is 8.71. The number of hydrogen-bond donors (Lipinski definition) is 1. The zero-order valence-corrected chi connectivity index (χ0v) is 17.8. The topological polar surface area (TPSA) is 102 Å². The number of sulfonamides is 1. The number of ether oxygens (including phenoxy) is 2. The van der Waals surface area contributed by atoms with Gasteiger partial charge in [-0.15, -0.1) is 0 Å². The van der Waals surface area contributed by atoms with Crippen molar-refractivity contribution < 1.29 is 27.5 Å². The first-order chi connectivity index (χ1) is 13.7. The maximum atomic E-state index is 12.3. The molecule has 0 saturated heterocycles. The van der Waals surface area contributed by atoms with E-state index in [2.05, 4.69) is 5.32 Å². The van der Waals surface area contributed by atoms with Crippen LogP contribution in [-0.4, -0.2) is 52.4 Å². The summed E-state index contributed by atoms with van der Waals surface area (Å²) in [6.07, 6.45) is 5.10. The van der Waals surface area contributed by atoms with Crippen molar-refractivity contribution in [2.24, 2.45) is 17.8 Å². The lowest BCUT2D eigenvalue weighted by Crippen LogP contribution is -2.24. The van der Waals surface area contributed by atoms with Crippen molar-refractivity contribution in [1.82, 2.24) is 4.31 Å². The summed E-state index contributed by atoms with van der Waals surface area (Å²) in [7, 11) is 0.603. The molecule has 0 aromatic heterocycles. The molecule has 1 aromatic carbocycles. The Morgan fingerprint density at radius 1 is 1.21 bits per heavy atom. The zero-order valence-electron chi connectivity index (χ0n) is 17.0. The van der Waals surface area contributed by atoms with Gasteiger partial charge in [-0.1, -0.05) is 6.42 Å². The number of methoxy groups -OCH3 is 1. The fourth-order valence-electron chi connectivity index (χ4n) is 4.39. The second-order valence-corrected chi connectivity index (χ2v) is 10.1. The number of amides is 1. The molecular weight excluding hydrogens is 396 g/mol. The summed E-state index contributed by atoms with van der Waals surface area (Å²) in [5.41, 5.74) is 0.199. The molecule has 29 heavy (non-hydrogen) atoms. The molecule has 2 aliphatic carbocycles. The summed E-state index contributed by atoms with van der Waals surface area (Å²) < 4.78 is 36.0. The van der Waals surface area contributed by atoms with Crippen LogP contribution in [0.3, 0.4) is 0 Å². The van der Waals surface area contributed by atoms with Gasteiger partial charge in [0, 0.05) is 20.5 Å². The van der Waals surface area contributed by atoms with E-state index < -0.39 is 22.5 Å². The van der Waals surface area contributed by atoms with Gasteiger partial charge in [-0.3, -0.25) is 9.59 Å². The lowest BCUT2D eigenvalue weighted by molar-refractivity contribution is -0.148. The summed E-state index contributed by atoms with van der Waals surface area (Å²) in [6.45, 7) is -0.423. The molecule has 2 fully saturated rings. The molecule has 3 atom stereocenters. The zero-order chi connectivity index (χ0) is 21.2. The van der Waals surface area contributed by atoms with Crippen LogP contribution in [0, 0.1) is 17.8 Å². The number of hydrogen-bond acceptors (Lipinski definition) is 6. The predicted molar refractivity (Wildman–Crippen MR) is 107 cm³/mol.